The van der Waals surface area contributed by atoms with E-state index in [1.165, 1.54) is 41.3 Å². The van der Waals surface area contributed by atoms with Crippen LogP contribution < -0.4 is 0 Å². The zero-order chi connectivity index (χ0) is 21.2. The van der Waals surface area contributed by atoms with Gasteiger partial charge >= 0.3 is 0 Å². The predicted octanol–water partition coefficient (Wildman–Crippen LogP) is 3.58. The van der Waals surface area contributed by atoms with Crippen LogP contribution in [0.2, 0.25) is 0 Å². The van der Waals surface area contributed by atoms with Crippen molar-refractivity contribution in [1.29, 1.82) is 0 Å². The fraction of sp³-hybridized carbons (Fsp3) is 0.158. The lowest BCUT2D eigenvalue weighted by atomic mass is 10.2. The van der Waals surface area contributed by atoms with E-state index in [1.54, 1.807) is 25.1 Å². The number of carbonyl (C=O) groups is 1. The summed E-state index contributed by atoms with van der Waals surface area (Å²) in [6, 6.07) is 12.1. The lowest BCUT2D eigenvalue weighted by molar-refractivity contribution is -0.384. The summed E-state index contributed by atoms with van der Waals surface area (Å²) in [5.74, 6) is -0.401. The first kappa shape index (κ1) is 20.7. The van der Waals surface area contributed by atoms with E-state index in [4.69, 9.17) is 0 Å². The molecular weight excluding hydrogens is 414 g/mol. The van der Waals surface area contributed by atoms with E-state index < -0.39 is 20.9 Å². The summed E-state index contributed by atoms with van der Waals surface area (Å²) >= 11 is 0.924. The van der Waals surface area contributed by atoms with Crippen molar-refractivity contribution in [3.05, 3.63) is 74.7 Å². The molecule has 8 nitrogen and oxygen atoms in total. The molecule has 0 aromatic heterocycles. The highest BCUT2D eigenvalue weighted by atomic mass is 32.2. The Bertz CT molecular complexity index is 1140. The molecule has 1 saturated heterocycles. The van der Waals surface area contributed by atoms with Gasteiger partial charge in [-0.2, -0.15) is 8.42 Å². The highest BCUT2D eigenvalue weighted by Gasteiger charge is 2.34. The lowest BCUT2D eigenvalue weighted by Crippen LogP contribution is -2.29. The molecule has 0 unspecified atom stereocenters. The van der Waals surface area contributed by atoms with Crippen molar-refractivity contribution in [1.82, 2.24) is 4.90 Å². The molecule has 0 aliphatic carbocycles. The van der Waals surface area contributed by atoms with Crippen molar-refractivity contribution in [3.63, 3.8) is 0 Å². The number of likely N-dealkylation sites (N-methyl/N-ethyl adjacent to an activating group) is 1. The minimum Gasteiger partial charge on any atom is -0.286 e. The summed E-state index contributed by atoms with van der Waals surface area (Å²) in [4.78, 5) is 24.6. The molecule has 1 fully saturated rings. The van der Waals surface area contributed by atoms with Crippen molar-refractivity contribution >= 4 is 44.6 Å². The Morgan fingerprint density at radius 1 is 1.21 bits per heavy atom. The molecule has 0 N–H and O–H groups in total. The predicted molar refractivity (Wildman–Crippen MR) is 112 cm³/mol. The highest BCUT2D eigenvalue weighted by Crippen LogP contribution is 2.34. The number of thioether (sulfide) groups is 1. The zero-order valence-corrected chi connectivity index (χ0v) is 17.2. The Hall–Kier alpha value is -2.98. The number of benzene rings is 2. The Balaban J connectivity index is 1.97. The highest BCUT2D eigenvalue weighted by molar-refractivity contribution is 8.19. The summed E-state index contributed by atoms with van der Waals surface area (Å²) in [6.45, 7) is 3.79. The maximum absolute atomic E-state index is 12.7. The first-order valence-corrected chi connectivity index (χ1v) is 10.8. The third-order valence-corrected chi connectivity index (χ3v) is 6.50. The van der Waals surface area contributed by atoms with E-state index >= 15 is 0 Å². The summed E-state index contributed by atoms with van der Waals surface area (Å²) in [5, 5.41) is 11.0. The average Bonchev–Trinajstić information content (AvgIpc) is 2.95. The summed E-state index contributed by atoms with van der Waals surface area (Å²) in [7, 11) is -3.98. The number of carbonyl (C=O) groups excluding carboxylic acids is 1. The van der Waals surface area contributed by atoms with Gasteiger partial charge in [-0.15, -0.1) is 4.40 Å². The van der Waals surface area contributed by atoms with Crippen LogP contribution in [0, 0.1) is 17.0 Å². The first-order valence-electron chi connectivity index (χ1n) is 8.59. The second-order valence-corrected chi connectivity index (χ2v) is 8.79. The monoisotopic (exact) mass is 431 g/mol. The molecule has 0 bridgehead atoms. The van der Waals surface area contributed by atoms with Gasteiger partial charge in [0.25, 0.3) is 21.6 Å². The number of rotatable bonds is 5. The van der Waals surface area contributed by atoms with Crippen LogP contribution in [0.5, 0.6) is 0 Å². The quantitative estimate of drug-likeness (QED) is 0.406. The molecule has 1 aliphatic rings. The number of sulfonamides is 1. The molecule has 0 radical (unpaired) electrons. The third kappa shape index (κ3) is 4.54. The molecule has 2 aromatic carbocycles. The van der Waals surface area contributed by atoms with E-state index in [-0.39, 0.29) is 27.2 Å². The van der Waals surface area contributed by atoms with E-state index in [1.807, 2.05) is 6.92 Å². The minimum absolute atomic E-state index is 0.0378. The fourth-order valence-corrected chi connectivity index (χ4v) is 4.84. The molecule has 1 aliphatic heterocycles. The van der Waals surface area contributed by atoms with Crippen LogP contribution in [-0.2, 0) is 14.8 Å². The molecule has 3 rings (SSSR count). The van der Waals surface area contributed by atoms with Gasteiger partial charge in [-0.3, -0.25) is 19.8 Å². The normalized spacial score (nSPS) is 17.3. The smallest absolute Gasteiger partial charge is 0.284 e. The standard InChI is InChI=1S/C19H17N3O5S2/c1-3-21-18(23)17(12-14-5-4-6-15(11-14)22(24)25)28-19(21)20-29(26,27)16-9-7-13(2)8-10-16/h4-12H,3H2,1-2H3/b17-12-,20-19+. The van der Waals surface area contributed by atoms with Crippen LogP contribution >= 0.6 is 11.8 Å². The Labute approximate surface area is 172 Å². The molecule has 0 atom stereocenters. The van der Waals surface area contributed by atoms with Crippen molar-refractivity contribution in [2.75, 3.05) is 6.54 Å². The largest absolute Gasteiger partial charge is 0.286 e. The second kappa shape index (κ2) is 8.18. The van der Waals surface area contributed by atoms with E-state index in [0.717, 1.165) is 17.3 Å². The van der Waals surface area contributed by atoms with Crippen LogP contribution in [0.25, 0.3) is 6.08 Å². The molecule has 10 heteroatoms. The number of hydrogen-bond acceptors (Lipinski definition) is 6. The van der Waals surface area contributed by atoms with Gasteiger partial charge in [-0.05, 0) is 49.4 Å². The summed E-state index contributed by atoms with van der Waals surface area (Å²) in [6.07, 6.45) is 1.49. The van der Waals surface area contributed by atoms with Gasteiger partial charge in [0, 0.05) is 18.7 Å². The SMILES string of the molecule is CCN1C(=O)/C(=C/c2cccc([N+](=O)[O-])c2)S/C1=N/S(=O)(=O)c1ccc(C)cc1. The minimum atomic E-state index is -3.98. The van der Waals surface area contributed by atoms with Crippen molar-refractivity contribution in [2.45, 2.75) is 18.7 Å². The van der Waals surface area contributed by atoms with Crippen molar-refractivity contribution in [3.8, 4) is 0 Å². The number of non-ortho nitro benzene ring substituents is 1. The van der Waals surface area contributed by atoms with Crippen LogP contribution in [-0.4, -0.2) is 35.9 Å². The Kier molecular flexibility index (Phi) is 5.85. The molecule has 1 heterocycles. The van der Waals surface area contributed by atoms with Gasteiger partial charge in [0.2, 0.25) is 0 Å². The molecule has 1 amide bonds. The van der Waals surface area contributed by atoms with Crippen molar-refractivity contribution < 1.29 is 18.1 Å². The number of nitrogens with zero attached hydrogens (tertiary/aromatic N) is 3. The third-order valence-electron chi connectivity index (χ3n) is 4.10. The number of amides is 1. The number of hydrogen-bond donors (Lipinski definition) is 0. The van der Waals surface area contributed by atoms with E-state index in [2.05, 4.69) is 4.40 Å². The summed E-state index contributed by atoms with van der Waals surface area (Å²) in [5.41, 5.74) is 1.28. The van der Waals surface area contributed by atoms with Crippen LogP contribution in [0.1, 0.15) is 18.1 Å². The van der Waals surface area contributed by atoms with Gasteiger partial charge in [0.1, 0.15) is 0 Å². The molecule has 29 heavy (non-hydrogen) atoms. The van der Waals surface area contributed by atoms with Gasteiger partial charge in [0.15, 0.2) is 5.17 Å². The first-order chi connectivity index (χ1) is 13.7. The van der Waals surface area contributed by atoms with Gasteiger partial charge in [-0.25, -0.2) is 0 Å². The molecule has 0 spiro atoms. The number of amidine groups is 1. The topological polar surface area (TPSA) is 110 Å². The van der Waals surface area contributed by atoms with Crippen molar-refractivity contribution in [2.24, 2.45) is 4.40 Å². The number of aryl methyl sites for hydroxylation is 1. The number of nitro benzene ring substituents is 1. The number of nitro groups is 1. The van der Waals surface area contributed by atoms with Crippen LogP contribution in [0.15, 0.2) is 62.7 Å². The van der Waals surface area contributed by atoms with Gasteiger partial charge in [-0.1, -0.05) is 29.8 Å². The summed E-state index contributed by atoms with van der Waals surface area (Å²) < 4.78 is 29.1. The van der Waals surface area contributed by atoms with Gasteiger partial charge < -0.3 is 0 Å². The maximum Gasteiger partial charge on any atom is 0.284 e. The van der Waals surface area contributed by atoms with E-state index in [0.29, 0.717) is 5.56 Å². The molecule has 2 aromatic rings. The molecule has 150 valence electrons. The van der Waals surface area contributed by atoms with Crippen LogP contribution in [0.3, 0.4) is 0 Å². The maximum atomic E-state index is 12.7. The second-order valence-electron chi connectivity index (χ2n) is 6.17. The lowest BCUT2D eigenvalue weighted by Gasteiger charge is -2.11. The molecular formula is C19H17N3O5S2. The Morgan fingerprint density at radius 3 is 2.52 bits per heavy atom. The average molecular weight is 431 g/mol. The zero-order valence-electron chi connectivity index (χ0n) is 15.6. The van der Waals surface area contributed by atoms with Gasteiger partial charge in [0.05, 0.1) is 14.7 Å². The fourth-order valence-electron chi connectivity index (χ4n) is 2.60. The van der Waals surface area contributed by atoms with E-state index in [9.17, 15) is 23.3 Å². The van der Waals surface area contributed by atoms with Crippen LogP contribution in [0.4, 0.5) is 5.69 Å². The Morgan fingerprint density at radius 2 is 1.90 bits per heavy atom. The molecule has 0 saturated carbocycles.